The Balaban J connectivity index is 2.69. The molecule has 0 fully saturated rings. The lowest BCUT2D eigenvalue weighted by molar-refractivity contribution is -0.142. The first-order valence-corrected chi connectivity index (χ1v) is 4.01. The number of hydrogen-bond acceptors (Lipinski definition) is 5. The van der Waals surface area contributed by atoms with Crippen LogP contribution in [0.2, 0.25) is 0 Å². The molecule has 5 heteroatoms. The first kappa shape index (κ1) is 10.3. The van der Waals surface area contributed by atoms with Crippen LogP contribution in [0.3, 0.4) is 0 Å². The van der Waals surface area contributed by atoms with Crippen molar-refractivity contribution in [2.24, 2.45) is 5.73 Å². The Morgan fingerprint density at radius 1 is 1.79 bits per heavy atom. The molecule has 1 aromatic heterocycles. The van der Waals surface area contributed by atoms with Gasteiger partial charge in [0.1, 0.15) is 11.7 Å². The number of hydrogen-bond donors (Lipinski definition) is 2. The van der Waals surface area contributed by atoms with Gasteiger partial charge >= 0.3 is 5.97 Å². The fourth-order valence-electron chi connectivity index (χ4n) is 0.968. The summed E-state index contributed by atoms with van der Waals surface area (Å²) in [5, 5.41) is 0. The molecule has 5 nitrogen and oxygen atoms in total. The third-order valence-electron chi connectivity index (χ3n) is 1.72. The minimum atomic E-state index is -0.745. The van der Waals surface area contributed by atoms with Crippen LogP contribution in [0.5, 0.6) is 0 Å². The molecule has 0 spiro atoms. The molecule has 0 amide bonds. The van der Waals surface area contributed by atoms with E-state index < -0.39 is 12.0 Å². The quantitative estimate of drug-likeness (QED) is 0.620. The third-order valence-corrected chi connectivity index (χ3v) is 1.72. The van der Waals surface area contributed by atoms with E-state index in [9.17, 15) is 4.79 Å². The maximum Gasteiger partial charge on any atom is 0.323 e. The van der Waals surface area contributed by atoms with Gasteiger partial charge in [-0.2, -0.15) is 0 Å². The molecule has 1 aromatic rings. The molecule has 0 radical (unpaired) electrons. The summed E-state index contributed by atoms with van der Waals surface area (Å²) in [5.74, 6) is -0.487. The fourth-order valence-corrected chi connectivity index (χ4v) is 0.968. The standard InChI is InChI=1S/C9H11N3O2/c1-14-9(13)7(11)5-8-6(10)3-2-4-12-8/h4,7H,5,10-11H2,1H3. The number of ether oxygens (including phenoxy) is 1. The van der Waals surface area contributed by atoms with E-state index in [1.807, 2.05) is 0 Å². The molecule has 0 aliphatic rings. The maximum atomic E-state index is 11.0. The average Bonchev–Trinajstić information content (AvgIpc) is 2.20. The fraction of sp³-hybridized carbons (Fsp3) is 0.333. The van der Waals surface area contributed by atoms with E-state index in [0.717, 1.165) is 0 Å². The summed E-state index contributed by atoms with van der Waals surface area (Å²) < 4.78 is 4.47. The lowest BCUT2D eigenvalue weighted by Gasteiger charge is -2.08. The van der Waals surface area contributed by atoms with E-state index in [0.29, 0.717) is 11.4 Å². The van der Waals surface area contributed by atoms with E-state index in [1.165, 1.54) is 13.3 Å². The van der Waals surface area contributed by atoms with Crippen molar-refractivity contribution in [1.82, 2.24) is 4.98 Å². The molecule has 1 atom stereocenters. The molecule has 1 rings (SSSR count). The molecule has 74 valence electrons. The zero-order chi connectivity index (χ0) is 10.6. The van der Waals surface area contributed by atoms with Crippen LogP contribution in [0.4, 0.5) is 5.69 Å². The molecular weight excluding hydrogens is 182 g/mol. The van der Waals surface area contributed by atoms with Gasteiger partial charge in [0.15, 0.2) is 0 Å². The van der Waals surface area contributed by atoms with Crippen molar-refractivity contribution in [3.05, 3.63) is 24.0 Å². The Labute approximate surface area is 82.1 Å². The van der Waals surface area contributed by atoms with Crippen LogP contribution in [0.1, 0.15) is 5.69 Å². The molecule has 0 bridgehead atoms. The number of nitrogen functional groups attached to an aromatic ring is 1. The lowest BCUT2D eigenvalue weighted by atomic mass is 10.1. The van der Waals surface area contributed by atoms with Gasteiger partial charge in [0.25, 0.3) is 0 Å². The summed E-state index contributed by atoms with van der Waals surface area (Å²) in [7, 11) is 1.28. The molecule has 0 saturated heterocycles. The van der Waals surface area contributed by atoms with Crippen molar-refractivity contribution in [1.29, 1.82) is 0 Å². The predicted molar refractivity (Wildman–Crippen MR) is 50.0 cm³/mol. The molecule has 14 heavy (non-hydrogen) atoms. The summed E-state index contributed by atoms with van der Waals surface area (Å²) in [6.07, 6.45) is 1.67. The SMILES string of the molecule is COC(=O)C(N)Cc1ncc#cc1N. The minimum absolute atomic E-state index is 0.240. The zero-order valence-electron chi connectivity index (χ0n) is 7.78. The highest BCUT2D eigenvalue weighted by Crippen LogP contribution is 2.06. The molecule has 1 unspecified atom stereocenters. The smallest absolute Gasteiger partial charge is 0.323 e. The lowest BCUT2D eigenvalue weighted by Crippen LogP contribution is -2.34. The number of nitrogens with zero attached hydrogens (tertiary/aromatic N) is 1. The molecule has 4 N–H and O–H groups in total. The van der Waals surface area contributed by atoms with Crippen LogP contribution < -0.4 is 11.5 Å². The van der Waals surface area contributed by atoms with Crippen molar-refractivity contribution in [2.45, 2.75) is 12.5 Å². The van der Waals surface area contributed by atoms with Crippen LogP contribution in [-0.2, 0) is 16.0 Å². The zero-order valence-corrected chi connectivity index (χ0v) is 7.78. The second-order valence-corrected chi connectivity index (χ2v) is 2.72. The van der Waals surface area contributed by atoms with E-state index in [1.54, 1.807) is 0 Å². The molecule has 1 heterocycles. The number of nitrogens with two attached hydrogens (primary N) is 2. The number of esters is 1. The number of aromatic nitrogens is 1. The summed E-state index contributed by atoms with van der Waals surface area (Å²) >= 11 is 0. The highest BCUT2D eigenvalue weighted by atomic mass is 16.5. The molecule has 0 aromatic carbocycles. The van der Waals surface area contributed by atoms with Gasteiger partial charge in [0, 0.05) is 6.42 Å². The summed E-state index contributed by atoms with van der Waals surface area (Å²) in [6.45, 7) is 0. The largest absolute Gasteiger partial charge is 0.468 e. The Morgan fingerprint density at radius 3 is 3.07 bits per heavy atom. The second-order valence-electron chi connectivity index (χ2n) is 2.72. The number of methoxy groups -OCH3 is 1. The molecule has 0 aliphatic heterocycles. The number of anilines is 1. The van der Waals surface area contributed by atoms with E-state index in [2.05, 4.69) is 21.9 Å². The molecular formula is C9H11N3O2. The summed E-state index contributed by atoms with van der Waals surface area (Å²) in [5.41, 5.74) is 12.0. The Hall–Kier alpha value is -1.80. The number of rotatable bonds is 3. The normalized spacial score (nSPS) is 11.6. The molecule has 0 saturated carbocycles. The van der Waals surface area contributed by atoms with Gasteiger partial charge < -0.3 is 16.2 Å². The topological polar surface area (TPSA) is 91.2 Å². The van der Waals surface area contributed by atoms with E-state index >= 15 is 0 Å². The Kier molecular flexibility index (Phi) is 3.26. The van der Waals surface area contributed by atoms with Crippen molar-refractivity contribution in [3.8, 4) is 0 Å². The van der Waals surface area contributed by atoms with Crippen LogP contribution >= 0.6 is 0 Å². The van der Waals surface area contributed by atoms with Crippen LogP contribution in [0, 0.1) is 12.1 Å². The van der Waals surface area contributed by atoms with E-state index in [4.69, 9.17) is 11.5 Å². The van der Waals surface area contributed by atoms with Gasteiger partial charge in [0.05, 0.1) is 19.0 Å². The third kappa shape index (κ3) is 2.34. The Bertz CT molecular complexity index is 328. The maximum absolute atomic E-state index is 11.0. The van der Waals surface area contributed by atoms with Gasteiger partial charge in [-0.05, 0) is 12.1 Å². The first-order valence-electron chi connectivity index (χ1n) is 4.01. The van der Waals surface area contributed by atoms with Gasteiger partial charge in [-0.15, -0.1) is 0 Å². The monoisotopic (exact) mass is 193 g/mol. The summed E-state index contributed by atoms with van der Waals surface area (Å²) in [6, 6.07) is 4.50. The van der Waals surface area contributed by atoms with Crippen LogP contribution in [-0.4, -0.2) is 24.1 Å². The summed E-state index contributed by atoms with van der Waals surface area (Å²) in [4.78, 5) is 14.9. The number of carbonyl (C=O) groups excluding carboxylic acids is 1. The van der Waals surface area contributed by atoms with Crippen LogP contribution in [0.15, 0.2) is 6.20 Å². The predicted octanol–water partition coefficient (Wildman–Crippen LogP) is -0.693. The van der Waals surface area contributed by atoms with Crippen molar-refractivity contribution < 1.29 is 9.53 Å². The minimum Gasteiger partial charge on any atom is -0.468 e. The highest BCUT2D eigenvalue weighted by Gasteiger charge is 2.16. The average molecular weight is 193 g/mol. The van der Waals surface area contributed by atoms with E-state index in [-0.39, 0.29) is 6.42 Å². The second kappa shape index (κ2) is 4.44. The highest BCUT2D eigenvalue weighted by molar-refractivity contribution is 5.75. The molecule has 0 aliphatic carbocycles. The van der Waals surface area contributed by atoms with Crippen molar-refractivity contribution in [2.75, 3.05) is 12.8 Å². The number of carbonyl (C=O) groups is 1. The van der Waals surface area contributed by atoms with Gasteiger partial charge in [-0.25, -0.2) is 4.98 Å². The van der Waals surface area contributed by atoms with Crippen LogP contribution in [0.25, 0.3) is 0 Å². The van der Waals surface area contributed by atoms with Crippen molar-refractivity contribution in [3.63, 3.8) is 0 Å². The van der Waals surface area contributed by atoms with Gasteiger partial charge in [-0.3, -0.25) is 4.79 Å². The van der Waals surface area contributed by atoms with Gasteiger partial charge in [0.2, 0.25) is 0 Å². The Morgan fingerprint density at radius 2 is 2.50 bits per heavy atom. The van der Waals surface area contributed by atoms with Gasteiger partial charge in [-0.1, -0.05) is 0 Å². The first-order chi connectivity index (χ1) is 6.65. The van der Waals surface area contributed by atoms with Crippen molar-refractivity contribution >= 4 is 11.7 Å².